The molecule has 0 atom stereocenters. The van der Waals surface area contributed by atoms with E-state index in [1.807, 2.05) is 0 Å². The smallest absolute Gasteiger partial charge is 0.259 e. The van der Waals surface area contributed by atoms with Gasteiger partial charge in [-0.25, -0.2) is 17.4 Å². The Kier molecular flexibility index (Phi) is 8.50. The molecule has 0 aliphatic heterocycles. The van der Waals surface area contributed by atoms with Crippen molar-refractivity contribution >= 4 is 49.3 Å². The number of halogens is 2. The number of aliphatic hydroxyl groups is 1. The summed E-state index contributed by atoms with van der Waals surface area (Å²) in [4.78, 5) is 0. The Hall–Kier alpha value is -2.98. The van der Waals surface area contributed by atoms with Gasteiger partial charge in [-0.15, -0.1) is 4.40 Å². The topological polar surface area (TPSA) is 186 Å². The number of nitrogens with zero attached hydrogens (tertiary/aromatic N) is 4. The molecule has 0 spiro atoms. The summed E-state index contributed by atoms with van der Waals surface area (Å²) in [5.74, 6) is -0.409. The molecule has 1 heterocycles. The second kappa shape index (κ2) is 11.2. The van der Waals surface area contributed by atoms with Crippen molar-refractivity contribution in [2.24, 2.45) is 9.55 Å². The molecule has 0 unspecified atom stereocenters. The molecule has 0 saturated heterocycles. The average Bonchev–Trinajstić information content (AvgIpc) is 3.55. The van der Waals surface area contributed by atoms with Crippen molar-refractivity contribution in [1.29, 1.82) is 0 Å². The molecule has 0 bridgehead atoms. The number of aromatic nitrogens is 2. The number of benzene rings is 1. The minimum atomic E-state index is -3.65. The number of nitrogens with one attached hydrogen (secondary N) is 4. The number of sulfonamides is 1. The Balaban J connectivity index is 1.60. The molecule has 1 aliphatic carbocycles. The molecule has 16 heteroatoms. The van der Waals surface area contributed by atoms with Crippen molar-refractivity contribution < 1.29 is 27.8 Å². The van der Waals surface area contributed by atoms with Crippen molar-refractivity contribution in [3.05, 3.63) is 34.2 Å². The number of guanidine groups is 1. The maximum absolute atomic E-state index is 13.5. The third kappa shape index (κ3) is 8.03. The van der Waals surface area contributed by atoms with Gasteiger partial charge in [0.05, 0.1) is 15.3 Å². The van der Waals surface area contributed by atoms with Crippen molar-refractivity contribution in [2.75, 3.05) is 30.3 Å². The van der Waals surface area contributed by atoms with E-state index in [0.717, 1.165) is 0 Å². The lowest BCUT2D eigenvalue weighted by Crippen LogP contribution is -2.46. The molecule has 1 saturated carbocycles. The van der Waals surface area contributed by atoms with E-state index in [4.69, 9.17) is 4.63 Å². The zero-order chi connectivity index (χ0) is 25.6. The molecule has 3 rings (SSSR count). The van der Waals surface area contributed by atoms with Crippen LogP contribution in [0.15, 0.2) is 36.9 Å². The second-order valence-electron chi connectivity index (χ2n) is 8.34. The molecule has 1 aliphatic rings. The van der Waals surface area contributed by atoms with Crippen molar-refractivity contribution in [3.63, 3.8) is 0 Å². The third-order valence-electron chi connectivity index (χ3n) is 4.56. The molecule has 13 nitrogen and oxygen atoms in total. The van der Waals surface area contributed by atoms with Gasteiger partial charge in [0.15, 0.2) is 5.69 Å². The molecule has 2 aromatic rings. The third-order valence-corrected chi connectivity index (χ3v) is 6.92. The maximum Gasteiger partial charge on any atom is 0.259 e. The first-order valence-electron chi connectivity index (χ1n) is 10.5. The SMILES string of the molecule is CC(C)(O)CN/C(=N\S(=O)(=O)C1CC1)NCCNc1nonc1/C(=N/O)Nc1ccc(F)c(Br)c1. The first-order chi connectivity index (χ1) is 16.5. The van der Waals surface area contributed by atoms with Gasteiger partial charge in [-0.2, -0.15) is 0 Å². The monoisotopic (exact) mass is 576 g/mol. The van der Waals surface area contributed by atoms with E-state index < -0.39 is 26.7 Å². The van der Waals surface area contributed by atoms with Gasteiger partial charge in [0.1, 0.15) is 5.82 Å². The number of rotatable bonds is 10. The summed E-state index contributed by atoms with van der Waals surface area (Å²) in [5, 5.41) is 40.9. The van der Waals surface area contributed by atoms with E-state index in [2.05, 4.69) is 57.1 Å². The first-order valence-corrected chi connectivity index (χ1v) is 12.8. The fourth-order valence-electron chi connectivity index (χ4n) is 2.66. The van der Waals surface area contributed by atoms with Crippen LogP contribution in [0.1, 0.15) is 32.4 Å². The van der Waals surface area contributed by atoms with Crippen LogP contribution >= 0.6 is 15.9 Å². The summed E-state index contributed by atoms with van der Waals surface area (Å²) in [5.41, 5.74) is -0.617. The molecule has 1 aromatic carbocycles. The molecular formula is C19H26BrFN8O5S. The number of oxime groups is 1. The van der Waals surface area contributed by atoms with E-state index in [0.29, 0.717) is 18.5 Å². The number of amidine groups is 1. The van der Waals surface area contributed by atoms with Gasteiger partial charge in [-0.3, -0.25) is 0 Å². The Morgan fingerprint density at radius 2 is 2.03 bits per heavy atom. The van der Waals surface area contributed by atoms with E-state index >= 15 is 0 Å². The summed E-state index contributed by atoms with van der Waals surface area (Å²) >= 11 is 3.08. The van der Waals surface area contributed by atoms with Crippen molar-refractivity contribution in [1.82, 2.24) is 20.9 Å². The largest absolute Gasteiger partial charge is 0.409 e. The highest BCUT2D eigenvalue weighted by atomic mass is 79.9. The van der Waals surface area contributed by atoms with Crippen LogP contribution in [0.25, 0.3) is 0 Å². The molecule has 0 amide bonds. The highest BCUT2D eigenvalue weighted by molar-refractivity contribution is 9.10. The van der Waals surface area contributed by atoms with E-state index in [-0.39, 0.29) is 47.4 Å². The van der Waals surface area contributed by atoms with E-state index in [1.54, 1.807) is 13.8 Å². The molecule has 1 fully saturated rings. The summed E-state index contributed by atoms with van der Waals surface area (Å²) in [6.45, 7) is 3.65. The maximum atomic E-state index is 13.5. The van der Waals surface area contributed by atoms with Gasteiger partial charge in [0.25, 0.3) is 10.0 Å². The second-order valence-corrected chi connectivity index (χ2v) is 11.1. The van der Waals surface area contributed by atoms with E-state index in [1.165, 1.54) is 18.2 Å². The zero-order valence-corrected chi connectivity index (χ0v) is 21.3. The van der Waals surface area contributed by atoms with Crippen LogP contribution in [0.3, 0.4) is 0 Å². The van der Waals surface area contributed by atoms with Crippen LogP contribution in [0.5, 0.6) is 0 Å². The van der Waals surface area contributed by atoms with Gasteiger partial charge in [-0.1, -0.05) is 5.16 Å². The first kappa shape index (κ1) is 26.6. The highest BCUT2D eigenvalue weighted by Gasteiger charge is 2.36. The van der Waals surface area contributed by atoms with Gasteiger partial charge in [-0.05, 0) is 71.1 Å². The van der Waals surface area contributed by atoms with Crippen LogP contribution in [0.2, 0.25) is 0 Å². The number of hydrogen-bond donors (Lipinski definition) is 6. The summed E-state index contributed by atoms with van der Waals surface area (Å²) in [6.07, 6.45) is 1.15. The Labute approximate surface area is 209 Å². The predicted octanol–water partition coefficient (Wildman–Crippen LogP) is 1.43. The fourth-order valence-corrected chi connectivity index (χ4v) is 4.30. The summed E-state index contributed by atoms with van der Waals surface area (Å²) in [6, 6.07) is 4.11. The van der Waals surface area contributed by atoms with Crippen molar-refractivity contribution in [2.45, 2.75) is 37.5 Å². The average molecular weight is 577 g/mol. The molecule has 192 valence electrons. The van der Waals surface area contributed by atoms with Crippen LogP contribution in [-0.4, -0.2) is 71.3 Å². The minimum absolute atomic E-state index is 0.0143. The van der Waals surface area contributed by atoms with Crippen molar-refractivity contribution in [3.8, 4) is 0 Å². The minimum Gasteiger partial charge on any atom is -0.409 e. The predicted molar refractivity (Wildman–Crippen MR) is 131 cm³/mol. The quantitative estimate of drug-likeness (QED) is 0.0789. The Morgan fingerprint density at radius 1 is 1.29 bits per heavy atom. The molecular weight excluding hydrogens is 551 g/mol. The number of hydrogen-bond acceptors (Lipinski definition) is 9. The van der Waals surface area contributed by atoms with Gasteiger partial charge in [0, 0.05) is 25.3 Å². The van der Waals surface area contributed by atoms with Gasteiger partial charge in [0.2, 0.25) is 17.6 Å². The van der Waals surface area contributed by atoms with Gasteiger partial charge < -0.3 is 31.6 Å². The van der Waals surface area contributed by atoms with E-state index in [9.17, 15) is 23.1 Å². The lowest BCUT2D eigenvalue weighted by atomic mass is 10.1. The Bertz CT molecular complexity index is 1190. The molecule has 1 aromatic heterocycles. The molecule has 0 radical (unpaired) electrons. The summed E-state index contributed by atoms with van der Waals surface area (Å²) < 4.78 is 46.7. The van der Waals surface area contributed by atoms with Gasteiger partial charge >= 0.3 is 0 Å². The molecule has 35 heavy (non-hydrogen) atoms. The Morgan fingerprint density at radius 3 is 2.66 bits per heavy atom. The summed E-state index contributed by atoms with van der Waals surface area (Å²) in [7, 11) is -3.65. The lowest BCUT2D eigenvalue weighted by molar-refractivity contribution is 0.0847. The van der Waals surface area contributed by atoms with Crippen LogP contribution < -0.4 is 21.3 Å². The number of anilines is 2. The van der Waals surface area contributed by atoms with Crippen LogP contribution in [0.4, 0.5) is 15.9 Å². The van der Waals surface area contributed by atoms with Crippen LogP contribution in [0, 0.1) is 5.82 Å². The lowest BCUT2D eigenvalue weighted by Gasteiger charge is -2.20. The van der Waals surface area contributed by atoms with Crippen LogP contribution in [-0.2, 0) is 10.0 Å². The standard InChI is InChI=1S/C19H26BrFN8O5S/c1-19(2,30)10-24-18(29-35(32,33)12-4-5-12)23-8-7-22-16-15(27-34-28-16)17(26-31)25-11-3-6-14(21)13(20)9-11/h3,6,9,12,30-31H,4-5,7-8,10H2,1-2H3,(H,22,28)(H,25,26)(H2,23,24,29). The molecule has 6 N–H and O–H groups in total. The normalized spacial score (nSPS) is 15.1. The zero-order valence-electron chi connectivity index (χ0n) is 18.9. The highest BCUT2D eigenvalue weighted by Crippen LogP contribution is 2.29. The fraction of sp³-hybridized carbons (Fsp3) is 0.474.